The minimum absolute atomic E-state index is 0.110. The summed E-state index contributed by atoms with van der Waals surface area (Å²) in [4.78, 5) is 16.2. The van der Waals surface area contributed by atoms with Gasteiger partial charge in [0.2, 0.25) is 0 Å². The molecule has 0 atom stereocenters. The van der Waals surface area contributed by atoms with E-state index in [2.05, 4.69) is 10.1 Å². The zero-order valence-corrected chi connectivity index (χ0v) is 10.9. The number of ether oxygens (including phenoxy) is 1. The van der Waals surface area contributed by atoms with Crippen LogP contribution in [0.4, 0.5) is 8.78 Å². The first-order valence-corrected chi connectivity index (χ1v) is 6.03. The lowest BCUT2D eigenvalue weighted by molar-refractivity contribution is 0.0728. The van der Waals surface area contributed by atoms with E-state index in [1.165, 1.54) is 10.7 Å². The molecule has 0 bridgehead atoms. The van der Waals surface area contributed by atoms with Crippen molar-refractivity contribution in [1.29, 1.82) is 0 Å². The molecule has 1 aromatic carbocycles. The molecule has 21 heavy (non-hydrogen) atoms. The molecule has 0 saturated carbocycles. The molecule has 0 aliphatic carbocycles. The molecular weight excluding hydrogens is 280 g/mol. The third kappa shape index (κ3) is 2.33. The number of fused-ring (bicyclic) bond motifs is 1. The fraction of sp³-hybridized carbons (Fsp3) is 0.0714. The highest BCUT2D eigenvalue weighted by atomic mass is 19.1. The Labute approximate surface area is 117 Å². The molecule has 3 aromatic rings. The second kappa shape index (κ2) is 4.93. The van der Waals surface area contributed by atoms with Gasteiger partial charge in [0.05, 0.1) is 5.69 Å². The van der Waals surface area contributed by atoms with Gasteiger partial charge in [0.1, 0.15) is 11.4 Å². The molecule has 0 fully saturated rings. The van der Waals surface area contributed by atoms with Crippen LogP contribution in [0.5, 0.6) is 5.75 Å². The number of aromatic nitrogens is 3. The van der Waals surface area contributed by atoms with Gasteiger partial charge < -0.3 is 4.74 Å². The molecule has 0 spiro atoms. The number of hydrogen-bond acceptors (Lipinski definition) is 4. The molecule has 0 unspecified atom stereocenters. The number of aryl methyl sites for hydroxylation is 1. The second-order valence-electron chi connectivity index (χ2n) is 4.31. The normalized spacial score (nSPS) is 10.8. The zero-order chi connectivity index (χ0) is 15.0. The van der Waals surface area contributed by atoms with E-state index >= 15 is 0 Å². The van der Waals surface area contributed by atoms with Crippen molar-refractivity contribution in [1.82, 2.24) is 14.6 Å². The summed E-state index contributed by atoms with van der Waals surface area (Å²) in [6, 6.07) is 4.29. The molecule has 2 aromatic heterocycles. The van der Waals surface area contributed by atoms with E-state index in [1.54, 1.807) is 19.2 Å². The van der Waals surface area contributed by atoms with Crippen molar-refractivity contribution in [3.05, 3.63) is 59.6 Å². The molecule has 0 amide bonds. The Morgan fingerprint density at radius 3 is 2.95 bits per heavy atom. The third-order valence-electron chi connectivity index (χ3n) is 2.87. The lowest BCUT2D eigenvalue weighted by Crippen LogP contribution is -2.11. The van der Waals surface area contributed by atoms with E-state index in [4.69, 9.17) is 4.74 Å². The van der Waals surface area contributed by atoms with Crippen LogP contribution in [0, 0.1) is 18.6 Å². The maximum atomic E-state index is 13.5. The molecule has 0 N–H and O–H groups in total. The van der Waals surface area contributed by atoms with Crippen LogP contribution in [0.15, 0.2) is 36.7 Å². The number of esters is 1. The summed E-state index contributed by atoms with van der Waals surface area (Å²) in [5, 5.41) is 4.10. The minimum atomic E-state index is -0.842. The highest BCUT2D eigenvalue weighted by Gasteiger charge is 2.21. The van der Waals surface area contributed by atoms with Crippen molar-refractivity contribution in [2.45, 2.75) is 6.92 Å². The van der Waals surface area contributed by atoms with Gasteiger partial charge in [-0.15, -0.1) is 0 Å². The van der Waals surface area contributed by atoms with Crippen LogP contribution in [0.1, 0.15) is 16.1 Å². The van der Waals surface area contributed by atoms with E-state index in [0.29, 0.717) is 5.69 Å². The van der Waals surface area contributed by atoms with Gasteiger partial charge >= 0.3 is 5.97 Å². The van der Waals surface area contributed by atoms with Gasteiger partial charge in [0.25, 0.3) is 0 Å². The topological polar surface area (TPSA) is 56.5 Å². The summed E-state index contributed by atoms with van der Waals surface area (Å²) in [5.41, 5.74) is 0.784. The molecule has 7 heteroatoms. The summed E-state index contributed by atoms with van der Waals surface area (Å²) in [6.45, 7) is 1.60. The van der Waals surface area contributed by atoms with Gasteiger partial charge in [0.15, 0.2) is 17.2 Å². The Morgan fingerprint density at radius 2 is 2.14 bits per heavy atom. The Hall–Kier alpha value is -2.83. The van der Waals surface area contributed by atoms with Gasteiger partial charge in [-0.2, -0.15) is 5.10 Å². The molecule has 0 radical (unpaired) electrons. The monoisotopic (exact) mass is 289 g/mol. The van der Waals surface area contributed by atoms with Crippen LogP contribution >= 0.6 is 0 Å². The molecule has 5 nitrogen and oxygen atoms in total. The molecule has 3 rings (SSSR count). The zero-order valence-electron chi connectivity index (χ0n) is 10.9. The van der Waals surface area contributed by atoms with Crippen molar-refractivity contribution >= 4 is 11.6 Å². The van der Waals surface area contributed by atoms with Crippen LogP contribution in [0.25, 0.3) is 5.65 Å². The van der Waals surface area contributed by atoms with E-state index in [1.807, 2.05) is 0 Å². The molecule has 106 valence electrons. The fourth-order valence-corrected chi connectivity index (χ4v) is 1.94. The average Bonchev–Trinajstić information content (AvgIpc) is 2.78. The standard InChI is InChI=1S/C14H9F2N3O2/c1-8-12(13-17-5-2-6-19(13)18-8)14(20)21-11-7-9(15)3-4-10(11)16/h2-7H,1H3. The van der Waals surface area contributed by atoms with Crippen molar-refractivity contribution in [2.75, 3.05) is 0 Å². The number of carbonyl (C=O) groups is 1. The van der Waals surface area contributed by atoms with Crippen LogP contribution < -0.4 is 4.74 Å². The van der Waals surface area contributed by atoms with Gasteiger partial charge in [-0.05, 0) is 25.1 Å². The SMILES string of the molecule is Cc1nn2cccnc2c1C(=O)Oc1cc(F)ccc1F. The number of hydrogen-bond donors (Lipinski definition) is 0. The van der Waals surface area contributed by atoms with Crippen LogP contribution in [0.2, 0.25) is 0 Å². The maximum absolute atomic E-state index is 13.5. The first-order chi connectivity index (χ1) is 10.1. The predicted octanol–water partition coefficient (Wildman–Crippen LogP) is 2.54. The first kappa shape index (κ1) is 13.2. The summed E-state index contributed by atoms with van der Waals surface area (Å²) < 4.78 is 32.9. The van der Waals surface area contributed by atoms with Crippen LogP contribution in [-0.4, -0.2) is 20.6 Å². The number of carbonyl (C=O) groups excluding carboxylic acids is 1. The van der Waals surface area contributed by atoms with Gasteiger partial charge in [-0.25, -0.2) is 23.1 Å². The molecule has 2 heterocycles. The van der Waals surface area contributed by atoms with E-state index < -0.39 is 23.4 Å². The van der Waals surface area contributed by atoms with Crippen molar-refractivity contribution in [2.24, 2.45) is 0 Å². The maximum Gasteiger partial charge on any atom is 0.349 e. The average molecular weight is 289 g/mol. The van der Waals surface area contributed by atoms with Crippen molar-refractivity contribution < 1.29 is 18.3 Å². The molecule has 0 saturated heterocycles. The fourth-order valence-electron chi connectivity index (χ4n) is 1.94. The van der Waals surface area contributed by atoms with E-state index in [9.17, 15) is 13.6 Å². The van der Waals surface area contributed by atoms with Gasteiger partial charge in [0, 0.05) is 18.5 Å². The van der Waals surface area contributed by atoms with E-state index in [0.717, 1.165) is 18.2 Å². The Bertz CT molecular complexity index is 845. The Balaban J connectivity index is 2.01. The number of rotatable bonds is 2. The Kier molecular flexibility index (Phi) is 3.09. The van der Waals surface area contributed by atoms with Crippen molar-refractivity contribution in [3.8, 4) is 5.75 Å². The van der Waals surface area contributed by atoms with E-state index in [-0.39, 0.29) is 11.2 Å². The molecule has 0 aliphatic rings. The summed E-state index contributed by atoms with van der Waals surface area (Å²) in [7, 11) is 0. The first-order valence-electron chi connectivity index (χ1n) is 6.03. The number of benzene rings is 1. The highest BCUT2D eigenvalue weighted by Crippen LogP contribution is 2.21. The highest BCUT2D eigenvalue weighted by molar-refractivity contribution is 5.98. The van der Waals surface area contributed by atoms with Gasteiger partial charge in [-0.3, -0.25) is 0 Å². The smallest absolute Gasteiger partial charge is 0.349 e. The summed E-state index contributed by atoms with van der Waals surface area (Å²) >= 11 is 0. The largest absolute Gasteiger partial charge is 0.420 e. The van der Waals surface area contributed by atoms with Crippen LogP contribution in [0.3, 0.4) is 0 Å². The third-order valence-corrected chi connectivity index (χ3v) is 2.87. The van der Waals surface area contributed by atoms with Crippen molar-refractivity contribution in [3.63, 3.8) is 0 Å². The summed E-state index contributed by atoms with van der Waals surface area (Å²) in [5.74, 6) is -2.85. The molecule has 0 aliphatic heterocycles. The number of nitrogens with zero attached hydrogens (tertiary/aromatic N) is 3. The molecular formula is C14H9F2N3O2. The number of halogens is 2. The lowest BCUT2D eigenvalue weighted by atomic mass is 10.2. The van der Waals surface area contributed by atoms with Gasteiger partial charge in [-0.1, -0.05) is 0 Å². The minimum Gasteiger partial charge on any atom is -0.420 e. The lowest BCUT2D eigenvalue weighted by Gasteiger charge is -2.05. The summed E-state index contributed by atoms with van der Waals surface area (Å²) in [6.07, 6.45) is 3.12. The second-order valence-corrected chi connectivity index (χ2v) is 4.31. The predicted molar refractivity (Wildman–Crippen MR) is 69.0 cm³/mol. The quantitative estimate of drug-likeness (QED) is 0.537. The Morgan fingerprint density at radius 1 is 1.33 bits per heavy atom. The van der Waals surface area contributed by atoms with Crippen LogP contribution in [-0.2, 0) is 0 Å².